The van der Waals surface area contributed by atoms with Gasteiger partial charge in [0.15, 0.2) is 0 Å². The van der Waals surface area contributed by atoms with Crippen molar-refractivity contribution in [3.05, 3.63) is 28.3 Å². The van der Waals surface area contributed by atoms with Crippen LogP contribution in [0.5, 0.6) is 0 Å². The molecule has 1 aliphatic heterocycles. The van der Waals surface area contributed by atoms with Crippen LogP contribution in [0.3, 0.4) is 0 Å². The lowest BCUT2D eigenvalue weighted by atomic mass is 10.1. The largest absolute Gasteiger partial charge is 0.393 e. The average molecular weight is 235 g/mol. The maximum atomic E-state index is 10.7. The standard InChI is InChI=1S/C12H17N3O2/c1-2-9-5-6-14(8-9)10-3-4-12(15(16)17)11(13)7-10/h3-4,7,9H,2,5-6,8,13H2,1H3. The van der Waals surface area contributed by atoms with E-state index in [-0.39, 0.29) is 11.4 Å². The SMILES string of the molecule is CCC1CCN(c2ccc([N+](=O)[O-])c(N)c2)C1. The van der Waals surface area contributed by atoms with E-state index in [0.717, 1.165) is 24.7 Å². The number of rotatable bonds is 3. The summed E-state index contributed by atoms with van der Waals surface area (Å²) in [6.45, 7) is 4.22. The molecule has 92 valence electrons. The number of nitrogen functional groups attached to an aromatic ring is 1. The maximum Gasteiger partial charge on any atom is 0.292 e. The minimum atomic E-state index is -0.446. The van der Waals surface area contributed by atoms with Gasteiger partial charge >= 0.3 is 0 Å². The molecule has 1 fully saturated rings. The van der Waals surface area contributed by atoms with Crippen molar-refractivity contribution in [2.45, 2.75) is 19.8 Å². The van der Waals surface area contributed by atoms with Gasteiger partial charge in [-0.2, -0.15) is 0 Å². The lowest BCUT2D eigenvalue weighted by molar-refractivity contribution is -0.383. The van der Waals surface area contributed by atoms with Crippen LogP contribution in [0.2, 0.25) is 0 Å². The van der Waals surface area contributed by atoms with Crippen LogP contribution in [-0.4, -0.2) is 18.0 Å². The summed E-state index contributed by atoms with van der Waals surface area (Å²) in [6, 6.07) is 4.98. The molecule has 1 aromatic rings. The Morgan fingerprint density at radius 3 is 2.88 bits per heavy atom. The lowest BCUT2D eigenvalue weighted by Gasteiger charge is -2.18. The Morgan fingerprint density at radius 2 is 2.35 bits per heavy atom. The number of anilines is 2. The topological polar surface area (TPSA) is 72.4 Å². The summed E-state index contributed by atoms with van der Waals surface area (Å²) in [5.41, 5.74) is 6.91. The van der Waals surface area contributed by atoms with Gasteiger partial charge < -0.3 is 10.6 Å². The molecule has 0 radical (unpaired) electrons. The fourth-order valence-corrected chi connectivity index (χ4v) is 2.31. The third kappa shape index (κ3) is 2.33. The van der Waals surface area contributed by atoms with Crippen molar-refractivity contribution in [3.63, 3.8) is 0 Å². The highest BCUT2D eigenvalue weighted by atomic mass is 16.6. The summed E-state index contributed by atoms with van der Waals surface area (Å²) in [5.74, 6) is 0.728. The molecule has 1 heterocycles. The molecule has 0 saturated carbocycles. The van der Waals surface area contributed by atoms with E-state index in [4.69, 9.17) is 5.73 Å². The van der Waals surface area contributed by atoms with Crippen LogP contribution in [0.25, 0.3) is 0 Å². The summed E-state index contributed by atoms with van der Waals surface area (Å²) in [7, 11) is 0. The van der Waals surface area contributed by atoms with Crippen molar-refractivity contribution in [1.29, 1.82) is 0 Å². The second-order valence-electron chi connectivity index (χ2n) is 4.51. The van der Waals surface area contributed by atoms with Gasteiger partial charge in [0.25, 0.3) is 5.69 Å². The van der Waals surface area contributed by atoms with Gasteiger partial charge in [-0.1, -0.05) is 13.3 Å². The lowest BCUT2D eigenvalue weighted by Crippen LogP contribution is -2.19. The van der Waals surface area contributed by atoms with Gasteiger partial charge in [0.1, 0.15) is 5.69 Å². The first-order valence-electron chi connectivity index (χ1n) is 5.90. The van der Waals surface area contributed by atoms with Gasteiger partial charge in [-0.15, -0.1) is 0 Å². The Labute approximate surface area is 100 Å². The van der Waals surface area contributed by atoms with Crippen molar-refractivity contribution in [3.8, 4) is 0 Å². The fraction of sp³-hybridized carbons (Fsp3) is 0.500. The number of nitro groups is 1. The fourth-order valence-electron chi connectivity index (χ4n) is 2.31. The predicted molar refractivity (Wildman–Crippen MR) is 68.1 cm³/mol. The van der Waals surface area contributed by atoms with Gasteiger partial charge in [0.2, 0.25) is 0 Å². The molecule has 5 nitrogen and oxygen atoms in total. The average Bonchev–Trinajstić information content (AvgIpc) is 2.76. The van der Waals surface area contributed by atoms with Gasteiger partial charge in [-0.3, -0.25) is 10.1 Å². The highest BCUT2D eigenvalue weighted by Crippen LogP contribution is 2.30. The Hall–Kier alpha value is -1.78. The molecule has 0 bridgehead atoms. The number of nitrogens with zero attached hydrogens (tertiary/aromatic N) is 2. The molecule has 0 spiro atoms. The van der Waals surface area contributed by atoms with E-state index < -0.39 is 4.92 Å². The molecule has 2 rings (SSSR count). The Balaban J connectivity index is 2.18. The van der Waals surface area contributed by atoms with E-state index in [1.54, 1.807) is 12.1 Å². The van der Waals surface area contributed by atoms with Crippen LogP contribution >= 0.6 is 0 Å². The Bertz CT molecular complexity index is 434. The third-order valence-corrected chi connectivity index (χ3v) is 3.44. The number of nitro benzene ring substituents is 1. The number of nitrogens with two attached hydrogens (primary N) is 1. The minimum Gasteiger partial charge on any atom is -0.393 e. The monoisotopic (exact) mass is 235 g/mol. The summed E-state index contributed by atoms with van der Waals surface area (Å²) in [5, 5.41) is 10.7. The normalized spacial score (nSPS) is 19.6. The van der Waals surface area contributed by atoms with Crippen LogP contribution in [0.4, 0.5) is 17.1 Å². The highest BCUT2D eigenvalue weighted by molar-refractivity contribution is 5.66. The summed E-state index contributed by atoms with van der Waals surface area (Å²) in [6.07, 6.45) is 2.37. The molecule has 1 aromatic carbocycles. The zero-order valence-corrected chi connectivity index (χ0v) is 9.93. The molecule has 5 heteroatoms. The van der Waals surface area contributed by atoms with Crippen molar-refractivity contribution < 1.29 is 4.92 Å². The Kier molecular flexibility index (Phi) is 3.17. The molecule has 0 amide bonds. The maximum absolute atomic E-state index is 10.7. The number of hydrogen-bond acceptors (Lipinski definition) is 4. The molecule has 1 unspecified atom stereocenters. The summed E-state index contributed by atoms with van der Waals surface area (Å²) < 4.78 is 0. The number of benzene rings is 1. The molecule has 2 N–H and O–H groups in total. The summed E-state index contributed by atoms with van der Waals surface area (Å²) >= 11 is 0. The zero-order valence-electron chi connectivity index (χ0n) is 9.93. The van der Waals surface area contributed by atoms with Crippen molar-refractivity contribution in [2.75, 3.05) is 23.7 Å². The minimum absolute atomic E-state index is 0.0139. The van der Waals surface area contributed by atoms with E-state index in [0.29, 0.717) is 0 Å². The van der Waals surface area contributed by atoms with E-state index >= 15 is 0 Å². The van der Waals surface area contributed by atoms with Crippen LogP contribution in [0, 0.1) is 16.0 Å². The van der Waals surface area contributed by atoms with Crippen LogP contribution in [0.1, 0.15) is 19.8 Å². The molecular weight excluding hydrogens is 218 g/mol. The van der Waals surface area contributed by atoms with E-state index in [1.165, 1.54) is 18.9 Å². The van der Waals surface area contributed by atoms with E-state index in [2.05, 4.69) is 11.8 Å². The van der Waals surface area contributed by atoms with Crippen molar-refractivity contribution in [2.24, 2.45) is 5.92 Å². The first kappa shape index (κ1) is 11.7. The van der Waals surface area contributed by atoms with Gasteiger partial charge in [0, 0.05) is 24.8 Å². The third-order valence-electron chi connectivity index (χ3n) is 3.44. The number of hydrogen-bond donors (Lipinski definition) is 1. The van der Waals surface area contributed by atoms with Crippen molar-refractivity contribution >= 4 is 17.1 Å². The van der Waals surface area contributed by atoms with E-state index in [9.17, 15) is 10.1 Å². The van der Waals surface area contributed by atoms with Crippen LogP contribution < -0.4 is 10.6 Å². The molecule has 0 aliphatic carbocycles. The van der Waals surface area contributed by atoms with Gasteiger partial charge in [-0.25, -0.2) is 0 Å². The molecule has 1 saturated heterocycles. The smallest absolute Gasteiger partial charge is 0.292 e. The first-order valence-corrected chi connectivity index (χ1v) is 5.90. The van der Waals surface area contributed by atoms with Crippen LogP contribution in [0.15, 0.2) is 18.2 Å². The summed E-state index contributed by atoms with van der Waals surface area (Å²) in [4.78, 5) is 12.5. The quantitative estimate of drug-likeness (QED) is 0.496. The van der Waals surface area contributed by atoms with Crippen molar-refractivity contribution in [1.82, 2.24) is 0 Å². The zero-order chi connectivity index (χ0) is 12.4. The second kappa shape index (κ2) is 4.61. The Morgan fingerprint density at radius 1 is 1.59 bits per heavy atom. The molecule has 1 aliphatic rings. The predicted octanol–water partition coefficient (Wildman–Crippen LogP) is 2.41. The molecule has 1 atom stereocenters. The highest BCUT2D eigenvalue weighted by Gasteiger charge is 2.22. The van der Waals surface area contributed by atoms with E-state index in [1.807, 2.05) is 0 Å². The van der Waals surface area contributed by atoms with Gasteiger partial charge in [0.05, 0.1) is 4.92 Å². The first-order chi connectivity index (χ1) is 8.11. The molecular formula is C12H17N3O2. The second-order valence-corrected chi connectivity index (χ2v) is 4.51. The van der Waals surface area contributed by atoms with Crippen LogP contribution in [-0.2, 0) is 0 Å². The van der Waals surface area contributed by atoms with Gasteiger partial charge in [-0.05, 0) is 24.5 Å². The molecule has 17 heavy (non-hydrogen) atoms. The molecule has 0 aromatic heterocycles.